The highest BCUT2D eigenvalue weighted by Crippen LogP contribution is 2.32. The molecule has 1 heterocycles. The van der Waals surface area contributed by atoms with Gasteiger partial charge in [-0.05, 0) is 49.5 Å². The number of aromatic hydroxyl groups is 1. The third-order valence-electron chi connectivity index (χ3n) is 4.11. The number of methoxy groups -OCH3 is 1. The lowest BCUT2D eigenvalue weighted by atomic mass is 9.94. The van der Waals surface area contributed by atoms with Gasteiger partial charge in [-0.15, -0.1) is 0 Å². The summed E-state index contributed by atoms with van der Waals surface area (Å²) in [5.41, 5.74) is 2.31. The minimum Gasteiger partial charge on any atom is -0.508 e. The van der Waals surface area contributed by atoms with Gasteiger partial charge in [0.2, 0.25) is 0 Å². The molecule has 0 bridgehead atoms. The number of carbonyl (C=O) groups is 1. The number of nitrogens with one attached hydrogen (secondary N) is 3. The Hall–Kier alpha value is -3.06. The maximum Gasteiger partial charge on any atom is 0.255 e. The zero-order chi connectivity index (χ0) is 18.7. The molecule has 0 saturated carbocycles. The Morgan fingerprint density at radius 1 is 1.19 bits per heavy atom. The fraction of sp³-hybridized carbons (Fsp3) is 0.158. The van der Waals surface area contributed by atoms with E-state index in [2.05, 4.69) is 16.0 Å². The lowest BCUT2D eigenvalue weighted by Crippen LogP contribution is -2.45. The van der Waals surface area contributed by atoms with E-state index < -0.39 is 6.04 Å². The summed E-state index contributed by atoms with van der Waals surface area (Å²) in [5, 5.41) is 19.5. The van der Waals surface area contributed by atoms with E-state index in [4.69, 9.17) is 17.0 Å². The van der Waals surface area contributed by atoms with Gasteiger partial charge in [-0.25, -0.2) is 0 Å². The van der Waals surface area contributed by atoms with Crippen LogP contribution < -0.4 is 20.7 Å². The molecule has 1 amide bonds. The monoisotopic (exact) mass is 369 g/mol. The first-order chi connectivity index (χ1) is 12.5. The van der Waals surface area contributed by atoms with Gasteiger partial charge in [0.1, 0.15) is 11.5 Å². The second kappa shape index (κ2) is 7.45. The van der Waals surface area contributed by atoms with Crippen molar-refractivity contribution in [3.05, 3.63) is 65.4 Å². The summed E-state index contributed by atoms with van der Waals surface area (Å²) < 4.78 is 5.12. The molecule has 0 aliphatic carbocycles. The van der Waals surface area contributed by atoms with Crippen molar-refractivity contribution < 1.29 is 14.6 Å². The number of ether oxygens (including phenoxy) is 1. The molecule has 2 aromatic rings. The minimum atomic E-state index is -0.553. The zero-order valence-corrected chi connectivity index (χ0v) is 15.2. The third kappa shape index (κ3) is 3.62. The third-order valence-corrected chi connectivity index (χ3v) is 4.33. The Labute approximate surface area is 156 Å². The van der Waals surface area contributed by atoms with Crippen LogP contribution in [0.2, 0.25) is 0 Å². The Morgan fingerprint density at radius 2 is 1.88 bits per heavy atom. The van der Waals surface area contributed by atoms with Gasteiger partial charge in [-0.3, -0.25) is 4.79 Å². The van der Waals surface area contributed by atoms with Gasteiger partial charge >= 0.3 is 0 Å². The predicted octanol–water partition coefficient (Wildman–Crippen LogP) is 2.83. The van der Waals surface area contributed by atoms with E-state index in [0.29, 0.717) is 33.4 Å². The molecule has 1 aliphatic rings. The van der Waals surface area contributed by atoms with Gasteiger partial charge < -0.3 is 25.8 Å². The average molecular weight is 369 g/mol. The normalized spacial score (nSPS) is 16.5. The Morgan fingerprint density at radius 3 is 2.54 bits per heavy atom. The van der Waals surface area contributed by atoms with Gasteiger partial charge in [0.15, 0.2) is 5.11 Å². The molecule has 4 N–H and O–H groups in total. The molecule has 6 nitrogen and oxygen atoms in total. The molecule has 0 saturated heterocycles. The van der Waals surface area contributed by atoms with Crippen LogP contribution in [0, 0.1) is 0 Å². The van der Waals surface area contributed by atoms with Gasteiger partial charge in [0.05, 0.1) is 18.7 Å². The maximum atomic E-state index is 12.9. The van der Waals surface area contributed by atoms with Crippen molar-refractivity contribution in [3.8, 4) is 11.5 Å². The lowest BCUT2D eigenvalue weighted by molar-refractivity contribution is -0.113. The fourth-order valence-corrected chi connectivity index (χ4v) is 3.10. The highest BCUT2D eigenvalue weighted by atomic mass is 32.1. The number of amides is 1. The molecule has 0 aromatic heterocycles. The minimum absolute atomic E-state index is 0.0947. The van der Waals surface area contributed by atoms with Gasteiger partial charge in [0, 0.05) is 16.9 Å². The number of hydrogen-bond donors (Lipinski definition) is 4. The lowest BCUT2D eigenvalue weighted by Gasteiger charge is -2.30. The van der Waals surface area contributed by atoms with E-state index in [1.807, 2.05) is 0 Å². The van der Waals surface area contributed by atoms with E-state index in [1.165, 1.54) is 0 Å². The maximum absolute atomic E-state index is 12.9. The molecule has 3 rings (SSSR count). The number of allylic oxidation sites excluding steroid dienone is 1. The zero-order valence-electron chi connectivity index (χ0n) is 14.4. The van der Waals surface area contributed by atoms with Crippen molar-refractivity contribution in [2.24, 2.45) is 0 Å². The van der Waals surface area contributed by atoms with Crippen LogP contribution in [0.3, 0.4) is 0 Å². The fourth-order valence-electron chi connectivity index (χ4n) is 2.83. The van der Waals surface area contributed by atoms with E-state index in [9.17, 15) is 9.90 Å². The van der Waals surface area contributed by atoms with Crippen molar-refractivity contribution in [2.75, 3.05) is 12.4 Å². The number of para-hydroxylation sites is 1. The smallest absolute Gasteiger partial charge is 0.255 e. The van der Waals surface area contributed by atoms with Crippen LogP contribution in [-0.2, 0) is 4.79 Å². The van der Waals surface area contributed by atoms with Crippen LogP contribution in [0.25, 0.3) is 0 Å². The van der Waals surface area contributed by atoms with Crippen LogP contribution >= 0.6 is 12.2 Å². The highest BCUT2D eigenvalue weighted by Gasteiger charge is 2.31. The molecule has 1 unspecified atom stereocenters. The number of anilines is 1. The Balaban J connectivity index is 1.93. The summed E-state index contributed by atoms with van der Waals surface area (Å²) in [6, 6.07) is 13.4. The predicted molar refractivity (Wildman–Crippen MR) is 104 cm³/mol. The number of hydrogen-bond acceptors (Lipinski definition) is 4. The summed E-state index contributed by atoms with van der Waals surface area (Å²) in [6.07, 6.45) is 0. The molecular formula is C19H19N3O3S. The number of rotatable bonds is 4. The van der Waals surface area contributed by atoms with Crippen LogP contribution in [0.5, 0.6) is 11.5 Å². The molecule has 0 spiro atoms. The van der Waals surface area contributed by atoms with Gasteiger partial charge in [0.25, 0.3) is 5.91 Å². The Bertz CT molecular complexity index is 878. The van der Waals surface area contributed by atoms with Crippen molar-refractivity contribution in [1.29, 1.82) is 0 Å². The molecule has 134 valence electrons. The van der Waals surface area contributed by atoms with E-state index in [-0.39, 0.29) is 11.7 Å². The molecule has 0 fully saturated rings. The summed E-state index contributed by atoms with van der Waals surface area (Å²) in [5.74, 6) is 0.512. The largest absolute Gasteiger partial charge is 0.508 e. The first kappa shape index (κ1) is 17.8. The molecular weight excluding hydrogens is 350 g/mol. The summed E-state index contributed by atoms with van der Waals surface area (Å²) in [4.78, 5) is 12.9. The Kier molecular flexibility index (Phi) is 5.09. The number of carbonyl (C=O) groups excluding carboxylic acids is 1. The molecule has 0 radical (unpaired) electrons. The SMILES string of the molecule is COc1ccc(NC(=O)C2=C(C)NC(=S)NC2c2ccccc2O)cc1. The molecule has 7 heteroatoms. The van der Waals surface area contributed by atoms with Crippen LogP contribution in [-0.4, -0.2) is 23.2 Å². The number of phenols is 1. The standard InChI is InChI=1S/C19H19N3O3S/c1-11-16(18(24)21-12-7-9-13(25-2)10-8-12)17(22-19(26)20-11)14-5-3-4-6-15(14)23/h3-10,17,23H,1-2H3,(H,21,24)(H2,20,22,26). The van der Waals surface area contributed by atoms with Crippen molar-refractivity contribution in [2.45, 2.75) is 13.0 Å². The summed E-state index contributed by atoms with van der Waals surface area (Å²) >= 11 is 5.22. The molecule has 1 atom stereocenters. The second-order valence-corrected chi connectivity index (χ2v) is 6.22. The van der Waals surface area contributed by atoms with Gasteiger partial charge in [-0.1, -0.05) is 18.2 Å². The van der Waals surface area contributed by atoms with Crippen LogP contribution in [0.4, 0.5) is 5.69 Å². The van der Waals surface area contributed by atoms with E-state index in [0.717, 1.165) is 0 Å². The first-order valence-corrected chi connectivity index (χ1v) is 8.42. The van der Waals surface area contributed by atoms with Crippen molar-refractivity contribution >= 4 is 28.9 Å². The molecule has 26 heavy (non-hydrogen) atoms. The second-order valence-electron chi connectivity index (χ2n) is 5.81. The summed E-state index contributed by atoms with van der Waals surface area (Å²) in [7, 11) is 1.58. The summed E-state index contributed by atoms with van der Waals surface area (Å²) in [6.45, 7) is 1.78. The van der Waals surface area contributed by atoms with Crippen molar-refractivity contribution in [3.63, 3.8) is 0 Å². The van der Waals surface area contributed by atoms with Crippen LogP contribution in [0.1, 0.15) is 18.5 Å². The number of benzene rings is 2. The van der Waals surface area contributed by atoms with Gasteiger partial charge in [-0.2, -0.15) is 0 Å². The number of phenolic OH excluding ortho intramolecular Hbond substituents is 1. The topological polar surface area (TPSA) is 82.6 Å². The van der Waals surface area contributed by atoms with Crippen molar-refractivity contribution in [1.82, 2.24) is 10.6 Å². The molecule has 1 aliphatic heterocycles. The highest BCUT2D eigenvalue weighted by molar-refractivity contribution is 7.80. The average Bonchev–Trinajstić information content (AvgIpc) is 2.62. The van der Waals surface area contributed by atoms with Crippen LogP contribution in [0.15, 0.2) is 59.8 Å². The van der Waals surface area contributed by atoms with E-state index >= 15 is 0 Å². The first-order valence-electron chi connectivity index (χ1n) is 8.01. The van der Waals surface area contributed by atoms with E-state index in [1.54, 1.807) is 62.6 Å². The number of thiocarbonyl (C=S) groups is 1. The molecule has 2 aromatic carbocycles. The quantitative estimate of drug-likeness (QED) is 0.621.